The van der Waals surface area contributed by atoms with Crippen LogP contribution in [-0.2, 0) is 0 Å². The minimum Gasteiger partial charge on any atom is -0.493 e. The standard InChI is InChI=1S/C20H20N2O3/c1-4-24-17-11-10-16-13(2)12-18(23)25-20(16)19(17)14(3)21-22-15-8-6-5-7-9-15/h5-12,22H,4H2,1-3H3. The largest absolute Gasteiger partial charge is 0.493 e. The molecular weight excluding hydrogens is 316 g/mol. The van der Waals surface area contributed by atoms with Crippen molar-refractivity contribution in [3.05, 3.63) is 70.1 Å². The van der Waals surface area contributed by atoms with E-state index in [1.807, 2.05) is 63.2 Å². The number of fused-ring (bicyclic) bond motifs is 1. The maximum Gasteiger partial charge on any atom is 0.336 e. The number of nitrogens with zero attached hydrogens (tertiary/aromatic N) is 1. The Morgan fingerprint density at radius 2 is 1.96 bits per heavy atom. The average molecular weight is 336 g/mol. The quantitative estimate of drug-likeness (QED) is 0.428. The van der Waals surface area contributed by atoms with Crippen LogP contribution >= 0.6 is 0 Å². The normalized spacial score (nSPS) is 11.6. The fourth-order valence-corrected chi connectivity index (χ4v) is 2.70. The molecule has 25 heavy (non-hydrogen) atoms. The zero-order valence-electron chi connectivity index (χ0n) is 14.5. The van der Waals surface area contributed by atoms with Crippen LogP contribution in [0.15, 0.2) is 62.8 Å². The maximum absolute atomic E-state index is 11.9. The Hall–Kier alpha value is -3.08. The minimum absolute atomic E-state index is 0.385. The first kappa shape index (κ1) is 16.8. The first-order valence-electron chi connectivity index (χ1n) is 8.16. The first-order valence-corrected chi connectivity index (χ1v) is 8.16. The van der Waals surface area contributed by atoms with Crippen LogP contribution in [0.3, 0.4) is 0 Å². The Kier molecular flexibility index (Phi) is 4.84. The molecular formula is C20H20N2O3. The van der Waals surface area contributed by atoms with Gasteiger partial charge < -0.3 is 9.15 Å². The van der Waals surface area contributed by atoms with Crippen molar-refractivity contribution in [1.82, 2.24) is 0 Å². The van der Waals surface area contributed by atoms with Crippen molar-refractivity contribution in [2.75, 3.05) is 12.0 Å². The van der Waals surface area contributed by atoms with Gasteiger partial charge in [-0.05, 0) is 50.6 Å². The molecule has 128 valence electrons. The van der Waals surface area contributed by atoms with Crippen molar-refractivity contribution in [2.24, 2.45) is 5.10 Å². The maximum atomic E-state index is 11.9. The van der Waals surface area contributed by atoms with Gasteiger partial charge in [-0.1, -0.05) is 18.2 Å². The molecule has 5 nitrogen and oxygen atoms in total. The zero-order chi connectivity index (χ0) is 17.8. The summed E-state index contributed by atoms with van der Waals surface area (Å²) in [5.74, 6) is 0.639. The molecule has 0 radical (unpaired) electrons. The van der Waals surface area contributed by atoms with Gasteiger partial charge in [0, 0.05) is 11.5 Å². The van der Waals surface area contributed by atoms with Crippen molar-refractivity contribution in [3.8, 4) is 5.75 Å². The molecule has 5 heteroatoms. The van der Waals surface area contributed by atoms with E-state index in [4.69, 9.17) is 9.15 Å². The highest BCUT2D eigenvalue weighted by atomic mass is 16.5. The van der Waals surface area contributed by atoms with Crippen LogP contribution < -0.4 is 15.8 Å². The molecule has 3 aromatic rings. The number of anilines is 1. The molecule has 0 bridgehead atoms. The highest BCUT2D eigenvalue weighted by Crippen LogP contribution is 2.30. The van der Waals surface area contributed by atoms with Crippen molar-refractivity contribution in [3.63, 3.8) is 0 Å². The topological polar surface area (TPSA) is 63.8 Å². The van der Waals surface area contributed by atoms with E-state index in [0.29, 0.717) is 29.2 Å². The van der Waals surface area contributed by atoms with Gasteiger partial charge in [-0.15, -0.1) is 0 Å². The predicted octanol–water partition coefficient (Wildman–Crippen LogP) is 4.34. The summed E-state index contributed by atoms with van der Waals surface area (Å²) in [5, 5.41) is 5.31. The number of ether oxygens (including phenoxy) is 1. The summed E-state index contributed by atoms with van der Waals surface area (Å²) in [4.78, 5) is 11.9. The summed E-state index contributed by atoms with van der Waals surface area (Å²) in [6.07, 6.45) is 0. The van der Waals surface area contributed by atoms with Gasteiger partial charge in [0.2, 0.25) is 0 Å². The van der Waals surface area contributed by atoms with E-state index in [9.17, 15) is 4.79 Å². The van der Waals surface area contributed by atoms with Gasteiger partial charge in [0.1, 0.15) is 5.75 Å². The summed E-state index contributed by atoms with van der Waals surface area (Å²) >= 11 is 0. The third-order valence-corrected chi connectivity index (χ3v) is 3.87. The number of hydrazone groups is 1. The molecule has 0 aliphatic heterocycles. The number of para-hydroxylation sites is 1. The van der Waals surface area contributed by atoms with Crippen LogP contribution in [0, 0.1) is 6.92 Å². The van der Waals surface area contributed by atoms with Crippen molar-refractivity contribution < 1.29 is 9.15 Å². The predicted molar refractivity (Wildman–Crippen MR) is 101 cm³/mol. The van der Waals surface area contributed by atoms with Gasteiger partial charge in [-0.3, -0.25) is 5.43 Å². The Bertz CT molecular complexity index is 975. The van der Waals surface area contributed by atoms with Crippen molar-refractivity contribution >= 4 is 22.4 Å². The van der Waals surface area contributed by atoms with E-state index in [0.717, 1.165) is 16.6 Å². The summed E-state index contributed by atoms with van der Waals surface area (Å²) in [5.41, 5.74) is 6.22. The van der Waals surface area contributed by atoms with E-state index in [1.165, 1.54) is 6.07 Å². The lowest BCUT2D eigenvalue weighted by Gasteiger charge is -2.13. The molecule has 0 unspecified atom stereocenters. The van der Waals surface area contributed by atoms with E-state index in [2.05, 4.69) is 10.5 Å². The molecule has 0 amide bonds. The minimum atomic E-state index is -0.385. The first-order chi connectivity index (χ1) is 12.1. The highest BCUT2D eigenvalue weighted by molar-refractivity contribution is 6.10. The molecule has 1 N–H and O–H groups in total. The lowest BCUT2D eigenvalue weighted by atomic mass is 10.0. The number of benzene rings is 2. The molecule has 2 aromatic carbocycles. The molecule has 0 saturated carbocycles. The Morgan fingerprint density at radius 1 is 1.20 bits per heavy atom. The molecule has 0 spiro atoms. The number of hydrogen-bond acceptors (Lipinski definition) is 5. The van der Waals surface area contributed by atoms with Crippen LogP contribution in [0.5, 0.6) is 5.75 Å². The van der Waals surface area contributed by atoms with Gasteiger partial charge in [-0.2, -0.15) is 5.10 Å². The number of aryl methyl sites for hydroxylation is 1. The Morgan fingerprint density at radius 3 is 2.68 bits per heavy atom. The molecule has 0 aliphatic rings. The summed E-state index contributed by atoms with van der Waals surface area (Å²) in [6, 6.07) is 14.9. The summed E-state index contributed by atoms with van der Waals surface area (Å²) < 4.78 is 11.2. The molecule has 1 aromatic heterocycles. The van der Waals surface area contributed by atoms with Crippen LogP contribution in [0.25, 0.3) is 11.0 Å². The second-order valence-corrected chi connectivity index (χ2v) is 5.67. The smallest absolute Gasteiger partial charge is 0.336 e. The fraction of sp³-hybridized carbons (Fsp3) is 0.200. The third-order valence-electron chi connectivity index (χ3n) is 3.87. The van der Waals surface area contributed by atoms with Gasteiger partial charge >= 0.3 is 5.63 Å². The summed E-state index contributed by atoms with van der Waals surface area (Å²) in [6.45, 7) is 6.16. The van der Waals surface area contributed by atoms with Crippen LogP contribution in [0.2, 0.25) is 0 Å². The third kappa shape index (κ3) is 3.55. The molecule has 3 rings (SSSR count). The van der Waals surface area contributed by atoms with E-state index < -0.39 is 0 Å². The van der Waals surface area contributed by atoms with E-state index in [-0.39, 0.29) is 5.63 Å². The molecule has 0 aliphatic carbocycles. The summed E-state index contributed by atoms with van der Waals surface area (Å²) in [7, 11) is 0. The Labute approximate surface area is 145 Å². The van der Waals surface area contributed by atoms with Crippen LogP contribution in [0.4, 0.5) is 5.69 Å². The lowest BCUT2D eigenvalue weighted by molar-refractivity contribution is 0.339. The van der Waals surface area contributed by atoms with Gasteiger partial charge in [-0.25, -0.2) is 4.79 Å². The molecule has 0 fully saturated rings. The van der Waals surface area contributed by atoms with E-state index >= 15 is 0 Å². The second-order valence-electron chi connectivity index (χ2n) is 5.67. The monoisotopic (exact) mass is 336 g/mol. The number of rotatable bonds is 5. The van der Waals surface area contributed by atoms with Crippen LogP contribution in [0.1, 0.15) is 25.0 Å². The molecule has 0 saturated heterocycles. The van der Waals surface area contributed by atoms with Gasteiger partial charge in [0.05, 0.1) is 23.6 Å². The zero-order valence-corrected chi connectivity index (χ0v) is 14.5. The average Bonchev–Trinajstić information content (AvgIpc) is 2.60. The molecule has 0 atom stereocenters. The molecule has 1 heterocycles. The van der Waals surface area contributed by atoms with Gasteiger partial charge in [0.15, 0.2) is 5.58 Å². The fourth-order valence-electron chi connectivity index (χ4n) is 2.70. The Balaban J connectivity index is 2.14. The number of hydrogen-bond donors (Lipinski definition) is 1. The number of nitrogens with one attached hydrogen (secondary N) is 1. The van der Waals surface area contributed by atoms with E-state index in [1.54, 1.807) is 0 Å². The lowest BCUT2D eigenvalue weighted by Crippen LogP contribution is -2.08. The van der Waals surface area contributed by atoms with Crippen molar-refractivity contribution in [1.29, 1.82) is 0 Å². The van der Waals surface area contributed by atoms with Crippen molar-refractivity contribution in [2.45, 2.75) is 20.8 Å². The van der Waals surface area contributed by atoms with Crippen LogP contribution in [-0.4, -0.2) is 12.3 Å². The second kappa shape index (κ2) is 7.21. The SMILES string of the molecule is CCOc1ccc2c(C)cc(=O)oc2c1C(C)=NNc1ccccc1. The highest BCUT2D eigenvalue weighted by Gasteiger charge is 2.16. The van der Waals surface area contributed by atoms with Gasteiger partial charge in [0.25, 0.3) is 0 Å².